The van der Waals surface area contributed by atoms with Crippen molar-refractivity contribution in [1.29, 1.82) is 10.7 Å². The molecule has 29 heavy (non-hydrogen) atoms. The fourth-order valence-electron chi connectivity index (χ4n) is 3.75. The van der Waals surface area contributed by atoms with Crippen LogP contribution in [0.2, 0.25) is 0 Å². The van der Waals surface area contributed by atoms with Crippen molar-refractivity contribution in [3.05, 3.63) is 65.1 Å². The molecule has 1 amide bonds. The van der Waals surface area contributed by atoms with Crippen LogP contribution in [0.3, 0.4) is 0 Å². The predicted molar refractivity (Wildman–Crippen MR) is 112 cm³/mol. The molecule has 7 nitrogen and oxygen atoms in total. The van der Waals surface area contributed by atoms with Gasteiger partial charge in [-0.2, -0.15) is 5.26 Å². The number of fused-ring (bicyclic) bond motifs is 1. The van der Waals surface area contributed by atoms with Gasteiger partial charge in [0.05, 0.1) is 23.2 Å². The first kappa shape index (κ1) is 18.7. The standard InChI is InChI=1S/C22H22N6O/c1-25-18-11-16(22(29)27-9-3-2-4-10-27)6-7-17(18)21(24)19-13-26-20-8-5-15(12-23)14-28(19)20/h5-8,11,13-14,24-25H,2-4,9-10H2,1H3. The summed E-state index contributed by atoms with van der Waals surface area (Å²) in [6.07, 6.45) is 6.58. The molecule has 0 atom stereocenters. The van der Waals surface area contributed by atoms with Crippen molar-refractivity contribution in [3.63, 3.8) is 0 Å². The van der Waals surface area contributed by atoms with Gasteiger partial charge in [-0.15, -0.1) is 0 Å². The molecule has 0 radical (unpaired) electrons. The first-order chi connectivity index (χ1) is 14.1. The van der Waals surface area contributed by atoms with Crippen molar-refractivity contribution < 1.29 is 4.79 Å². The van der Waals surface area contributed by atoms with Gasteiger partial charge < -0.3 is 10.2 Å². The maximum absolute atomic E-state index is 12.8. The lowest BCUT2D eigenvalue weighted by Crippen LogP contribution is -2.35. The highest BCUT2D eigenvalue weighted by atomic mass is 16.2. The number of aromatic nitrogens is 2. The molecule has 0 aliphatic carbocycles. The summed E-state index contributed by atoms with van der Waals surface area (Å²) in [6.45, 7) is 1.60. The highest BCUT2D eigenvalue weighted by Crippen LogP contribution is 2.23. The molecule has 0 spiro atoms. The highest BCUT2D eigenvalue weighted by Gasteiger charge is 2.21. The smallest absolute Gasteiger partial charge is 0.253 e. The number of piperidine rings is 1. The summed E-state index contributed by atoms with van der Waals surface area (Å²) in [5.74, 6) is 0.0349. The molecular formula is C22H22N6O. The SMILES string of the molecule is CNc1cc(C(=O)N2CCCCC2)ccc1C(=N)c1cnc2ccc(C#N)cn12. The van der Waals surface area contributed by atoms with Crippen molar-refractivity contribution >= 4 is 23.0 Å². The largest absolute Gasteiger partial charge is 0.388 e. The van der Waals surface area contributed by atoms with Crippen molar-refractivity contribution in [1.82, 2.24) is 14.3 Å². The maximum Gasteiger partial charge on any atom is 0.253 e. The number of rotatable bonds is 4. The summed E-state index contributed by atoms with van der Waals surface area (Å²) in [5, 5.41) is 21.0. The van der Waals surface area contributed by atoms with Crippen molar-refractivity contribution in [2.45, 2.75) is 19.3 Å². The molecule has 7 heteroatoms. The Bertz CT molecular complexity index is 1130. The van der Waals surface area contributed by atoms with Gasteiger partial charge in [0.2, 0.25) is 0 Å². The molecule has 146 valence electrons. The second kappa shape index (κ2) is 7.76. The van der Waals surface area contributed by atoms with Crippen molar-refractivity contribution in [2.24, 2.45) is 0 Å². The summed E-state index contributed by atoms with van der Waals surface area (Å²) in [6, 6.07) is 11.0. The van der Waals surface area contributed by atoms with Gasteiger partial charge in [0.15, 0.2) is 0 Å². The van der Waals surface area contributed by atoms with Crippen LogP contribution < -0.4 is 5.32 Å². The van der Waals surface area contributed by atoms with Gasteiger partial charge in [-0.3, -0.25) is 14.6 Å². The second-order valence-corrected chi connectivity index (χ2v) is 7.14. The lowest BCUT2D eigenvalue weighted by atomic mass is 10.0. The van der Waals surface area contributed by atoms with Crippen LogP contribution in [-0.2, 0) is 0 Å². The van der Waals surface area contributed by atoms with E-state index in [1.54, 1.807) is 48.1 Å². The Morgan fingerprint density at radius 2 is 2.00 bits per heavy atom. The molecule has 2 aromatic heterocycles. The van der Waals surface area contributed by atoms with Crippen LogP contribution in [0.15, 0.2) is 42.7 Å². The number of carbonyl (C=O) groups excluding carboxylic acids is 1. The van der Waals surface area contributed by atoms with Crippen LogP contribution >= 0.6 is 0 Å². The van der Waals surface area contributed by atoms with Gasteiger partial charge in [0, 0.05) is 43.1 Å². The van der Waals surface area contributed by atoms with Gasteiger partial charge in [-0.05, 0) is 49.6 Å². The Balaban J connectivity index is 1.69. The number of nitrogens with one attached hydrogen (secondary N) is 2. The van der Waals surface area contributed by atoms with E-state index < -0.39 is 0 Å². The Morgan fingerprint density at radius 1 is 1.21 bits per heavy atom. The minimum atomic E-state index is 0.0349. The normalized spacial score (nSPS) is 13.9. The fourth-order valence-corrected chi connectivity index (χ4v) is 3.75. The Labute approximate surface area is 169 Å². The first-order valence-electron chi connectivity index (χ1n) is 9.70. The highest BCUT2D eigenvalue weighted by molar-refractivity contribution is 6.14. The fraction of sp³-hybridized carbons (Fsp3) is 0.273. The summed E-state index contributed by atoms with van der Waals surface area (Å²) in [5.41, 5.74) is 4.04. The van der Waals surface area contributed by atoms with Gasteiger partial charge in [-0.25, -0.2) is 4.98 Å². The number of likely N-dealkylation sites (tertiary alicyclic amines) is 1. The van der Waals surface area contributed by atoms with Crippen LogP contribution in [0.5, 0.6) is 0 Å². The van der Waals surface area contributed by atoms with Gasteiger partial charge in [0.25, 0.3) is 5.91 Å². The molecular weight excluding hydrogens is 364 g/mol. The predicted octanol–water partition coefficient (Wildman–Crippen LogP) is 3.29. The molecule has 1 aliphatic rings. The summed E-state index contributed by atoms with van der Waals surface area (Å²) < 4.78 is 1.74. The van der Waals surface area contributed by atoms with E-state index in [1.807, 2.05) is 11.0 Å². The monoisotopic (exact) mass is 386 g/mol. The van der Waals surface area contributed by atoms with E-state index in [4.69, 9.17) is 10.7 Å². The number of carbonyl (C=O) groups is 1. The van der Waals surface area contributed by atoms with E-state index >= 15 is 0 Å². The average Bonchev–Trinajstić information content (AvgIpc) is 3.21. The van der Waals surface area contributed by atoms with Crippen LogP contribution in [0, 0.1) is 16.7 Å². The lowest BCUT2D eigenvalue weighted by molar-refractivity contribution is 0.0724. The first-order valence-corrected chi connectivity index (χ1v) is 9.70. The topological polar surface area (TPSA) is 97.3 Å². The van der Waals surface area contributed by atoms with Crippen LogP contribution in [-0.4, -0.2) is 46.0 Å². The minimum Gasteiger partial charge on any atom is -0.388 e. The number of benzene rings is 1. The molecule has 2 N–H and O–H groups in total. The van der Waals surface area contributed by atoms with E-state index in [1.165, 1.54) is 6.42 Å². The number of amides is 1. The molecule has 3 heterocycles. The number of nitriles is 1. The van der Waals surface area contributed by atoms with Crippen molar-refractivity contribution in [3.8, 4) is 6.07 Å². The number of nitrogens with zero attached hydrogens (tertiary/aromatic N) is 4. The van der Waals surface area contributed by atoms with Crippen molar-refractivity contribution in [2.75, 3.05) is 25.5 Å². The number of hydrogen-bond donors (Lipinski definition) is 2. The third kappa shape index (κ3) is 3.45. The third-order valence-corrected chi connectivity index (χ3v) is 5.34. The molecule has 1 aliphatic heterocycles. The third-order valence-electron chi connectivity index (χ3n) is 5.34. The van der Waals surface area contributed by atoms with E-state index in [0.717, 1.165) is 25.9 Å². The molecule has 4 rings (SSSR count). The van der Waals surface area contributed by atoms with Crippen LogP contribution in [0.25, 0.3) is 5.65 Å². The lowest BCUT2D eigenvalue weighted by Gasteiger charge is -2.27. The van der Waals surface area contributed by atoms with E-state index in [2.05, 4.69) is 16.4 Å². The molecule has 3 aromatic rings. The Morgan fingerprint density at radius 3 is 2.72 bits per heavy atom. The minimum absolute atomic E-state index is 0.0349. The van der Waals surface area contributed by atoms with E-state index in [-0.39, 0.29) is 11.6 Å². The second-order valence-electron chi connectivity index (χ2n) is 7.14. The zero-order valence-electron chi connectivity index (χ0n) is 16.3. The maximum atomic E-state index is 12.8. The quantitative estimate of drug-likeness (QED) is 0.672. The number of pyridine rings is 1. The van der Waals surface area contributed by atoms with Gasteiger partial charge in [-0.1, -0.05) is 0 Å². The number of anilines is 1. The van der Waals surface area contributed by atoms with Gasteiger partial charge in [0.1, 0.15) is 11.7 Å². The zero-order chi connectivity index (χ0) is 20.4. The molecule has 1 fully saturated rings. The Kier molecular flexibility index (Phi) is 5.00. The van der Waals surface area contributed by atoms with Gasteiger partial charge >= 0.3 is 0 Å². The van der Waals surface area contributed by atoms with E-state index in [0.29, 0.717) is 33.7 Å². The molecule has 0 saturated carbocycles. The molecule has 1 saturated heterocycles. The van der Waals surface area contributed by atoms with E-state index in [9.17, 15) is 4.79 Å². The number of imidazole rings is 1. The number of hydrogen-bond acceptors (Lipinski definition) is 5. The summed E-state index contributed by atoms with van der Waals surface area (Å²) >= 11 is 0. The summed E-state index contributed by atoms with van der Waals surface area (Å²) in [4.78, 5) is 19.1. The molecule has 1 aromatic carbocycles. The Hall–Kier alpha value is -3.66. The molecule has 0 bridgehead atoms. The van der Waals surface area contributed by atoms with Crippen LogP contribution in [0.4, 0.5) is 5.69 Å². The average molecular weight is 386 g/mol. The van der Waals surface area contributed by atoms with Crippen LogP contribution in [0.1, 0.15) is 46.4 Å². The summed E-state index contributed by atoms with van der Waals surface area (Å²) in [7, 11) is 1.78. The zero-order valence-corrected chi connectivity index (χ0v) is 16.3. The molecule has 0 unspecified atom stereocenters.